The predicted octanol–water partition coefficient (Wildman–Crippen LogP) is 1.16. The number of nitrogens with two attached hydrogens (primary N) is 1. The van der Waals surface area contributed by atoms with Gasteiger partial charge in [-0.2, -0.15) is 0 Å². The number of likely N-dealkylation sites (N-methyl/N-ethyl adjacent to an activating group) is 1. The van der Waals surface area contributed by atoms with Crippen molar-refractivity contribution in [2.24, 2.45) is 5.73 Å². The van der Waals surface area contributed by atoms with Crippen LogP contribution in [0.25, 0.3) is 0 Å². The Hall–Kier alpha value is -0.120. The van der Waals surface area contributed by atoms with E-state index in [0.717, 1.165) is 12.8 Å². The minimum absolute atomic E-state index is 0.304. The van der Waals surface area contributed by atoms with E-state index in [9.17, 15) is 5.11 Å². The van der Waals surface area contributed by atoms with Crippen LogP contribution in [0.2, 0.25) is 0 Å². The Kier molecular flexibility index (Phi) is 4.36. The second kappa shape index (κ2) is 4.40. The monoisotopic (exact) mass is 188 g/mol. The highest BCUT2D eigenvalue weighted by Crippen LogP contribution is 2.32. The van der Waals surface area contributed by atoms with Gasteiger partial charge in [-0.15, -0.1) is 0 Å². The molecule has 0 amide bonds. The summed E-state index contributed by atoms with van der Waals surface area (Å²) in [4.78, 5) is 2.04. The van der Waals surface area contributed by atoms with Crippen LogP contribution in [0.1, 0.15) is 40.0 Å². The summed E-state index contributed by atoms with van der Waals surface area (Å²) in [6.07, 6.45) is 2.29. The van der Waals surface area contributed by atoms with Gasteiger partial charge in [0.05, 0.1) is 5.54 Å². The summed E-state index contributed by atoms with van der Waals surface area (Å²) in [6.45, 7) is 6.05. The maximum Gasteiger partial charge on any atom is 0.131 e. The number of aliphatic hydroxyl groups is 1. The van der Waals surface area contributed by atoms with Gasteiger partial charge in [-0.25, -0.2) is 0 Å². The van der Waals surface area contributed by atoms with Gasteiger partial charge in [-0.05, 0) is 33.4 Å². The Morgan fingerprint density at radius 3 is 1.54 bits per heavy atom. The molecular weight excluding hydrogens is 164 g/mol. The maximum absolute atomic E-state index is 10.1. The van der Waals surface area contributed by atoms with Crippen LogP contribution in [0.5, 0.6) is 0 Å². The molecule has 0 aromatic rings. The lowest BCUT2D eigenvalue weighted by Crippen LogP contribution is -2.66. The molecule has 0 aromatic heterocycles. The van der Waals surface area contributed by atoms with Crippen LogP contribution in [-0.4, -0.2) is 35.4 Å². The molecule has 3 N–H and O–H groups in total. The van der Waals surface area contributed by atoms with E-state index >= 15 is 0 Å². The second-order valence-electron chi connectivity index (χ2n) is 3.91. The van der Waals surface area contributed by atoms with Crippen LogP contribution in [0.15, 0.2) is 0 Å². The van der Waals surface area contributed by atoms with E-state index in [1.807, 2.05) is 25.9 Å². The first-order valence-corrected chi connectivity index (χ1v) is 5.06. The van der Waals surface area contributed by atoms with Crippen LogP contribution < -0.4 is 5.73 Å². The van der Waals surface area contributed by atoms with Crippen molar-refractivity contribution < 1.29 is 5.11 Å². The van der Waals surface area contributed by atoms with Crippen LogP contribution in [0.3, 0.4) is 0 Å². The average molecular weight is 188 g/mol. The number of hydrogen-bond donors (Lipinski definition) is 2. The largest absolute Gasteiger partial charge is 0.374 e. The van der Waals surface area contributed by atoms with Gasteiger partial charge in [0.25, 0.3) is 0 Å². The summed E-state index contributed by atoms with van der Waals surface area (Å²) in [5.41, 5.74) is 4.53. The average Bonchev–Trinajstić information content (AvgIpc) is 2.06. The fraction of sp³-hybridized carbons (Fsp3) is 1.00. The van der Waals surface area contributed by atoms with Crippen LogP contribution in [0, 0.1) is 0 Å². The highest BCUT2D eigenvalue weighted by Gasteiger charge is 2.45. The van der Waals surface area contributed by atoms with Crippen LogP contribution in [0.4, 0.5) is 0 Å². The number of nitrogens with zero attached hydrogens (tertiary/aromatic N) is 1. The molecule has 0 heterocycles. The molecule has 0 fully saturated rings. The molecule has 0 aromatic carbocycles. The Bertz CT molecular complexity index is 151. The first-order valence-electron chi connectivity index (χ1n) is 5.06. The Morgan fingerprint density at radius 2 is 1.46 bits per heavy atom. The lowest BCUT2D eigenvalue weighted by Gasteiger charge is -2.48. The quantitative estimate of drug-likeness (QED) is 0.637. The second-order valence-corrected chi connectivity index (χ2v) is 3.91. The van der Waals surface area contributed by atoms with E-state index in [1.54, 1.807) is 0 Å². The number of rotatable bonds is 5. The van der Waals surface area contributed by atoms with Crippen molar-refractivity contribution in [2.45, 2.75) is 51.3 Å². The first-order chi connectivity index (χ1) is 5.88. The Balaban J connectivity index is 4.97. The summed E-state index contributed by atoms with van der Waals surface area (Å²) < 4.78 is 0. The lowest BCUT2D eigenvalue weighted by molar-refractivity contribution is -0.102. The Labute approximate surface area is 81.9 Å². The standard InChI is InChI=1S/C10H24N2O/c1-6-9(7-2,12(4)5)10(11,13)8-3/h13H,6-8,11H2,1-5H3. The molecule has 0 radical (unpaired) electrons. The number of hydrogen-bond acceptors (Lipinski definition) is 3. The molecule has 13 heavy (non-hydrogen) atoms. The molecule has 0 saturated carbocycles. The summed E-state index contributed by atoms with van der Waals surface area (Å²) in [7, 11) is 3.95. The van der Waals surface area contributed by atoms with Gasteiger partial charge in [-0.1, -0.05) is 20.8 Å². The molecule has 0 rings (SSSR count). The van der Waals surface area contributed by atoms with Gasteiger partial charge >= 0.3 is 0 Å². The third kappa shape index (κ3) is 2.03. The molecule has 3 heteroatoms. The van der Waals surface area contributed by atoms with E-state index in [4.69, 9.17) is 5.73 Å². The van der Waals surface area contributed by atoms with Gasteiger partial charge in [0.15, 0.2) is 0 Å². The van der Waals surface area contributed by atoms with Gasteiger partial charge in [0.2, 0.25) is 0 Å². The van der Waals surface area contributed by atoms with E-state index < -0.39 is 5.72 Å². The highest BCUT2D eigenvalue weighted by molar-refractivity contribution is 4.99. The zero-order valence-electron chi connectivity index (χ0n) is 9.59. The minimum Gasteiger partial charge on any atom is -0.374 e. The summed E-state index contributed by atoms with van der Waals surface area (Å²) in [6, 6.07) is 0. The van der Waals surface area contributed by atoms with Gasteiger partial charge in [-0.3, -0.25) is 4.90 Å². The van der Waals surface area contributed by atoms with Gasteiger partial charge < -0.3 is 10.8 Å². The third-order valence-corrected chi connectivity index (χ3v) is 3.37. The molecule has 1 atom stereocenters. The van der Waals surface area contributed by atoms with Gasteiger partial charge in [0, 0.05) is 0 Å². The van der Waals surface area contributed by atoms with E-state index in [1.165, 1.54) is 0 Å². The fourth-order valence-electron chi connectivity index (χ4n) is 2.21. The van der Waals surface area contributed by atoms with Crippen molar-refractivity contribution in [2.75, 3.05) is 14.1 Å². The molecule has 80 valence electrons. The highest BCUT2D eigenvalue weighted by atomic mass is 16.3. The minimum atomic E-state index is -1.10. The SMILES string of the molecule is CCC(N)(O)C(CC)(CC)N(C)C. The predicted molar refractivity (Wildman–Crippen MR) is 56.4 cm³/mol. The molecule has 0 aliphatic carbocycles. The van der Waals surface area contributed by atoms with Crippen LogP contribution in [-0.2, 0) is 0 Å². The molecule has 3 nitrogen and oxygen atoms in total. The third-order valence-electron chi connectivity index (χ3n) is 3.37. The fourth-order valence-corrected chi connectivity index (χ4v) is 2.21. The molecule has 0 spiro atoms. The molecule has 0 aliphatic heterocycles. The Morgan fingerprint density at radius 1 is 1.08 bits per heavy atom. The zero-order chi connectivity index (χ0) is 10.7. The van der Waals surface area contributed by atoms with E-state index in [0.29, 0.717) is 6.42 Å². The van der Waals surface area contributed by atoms with Crippen molar-refractivity contribution in [3.05, 3.63) is 0 Å². The van der Waals surface area contributed by atoms with Crippen molar-refractivity contribution in [3.63, 3.8) is 0 Å². The van der Waals surface area contributed by atoms with E-state index in [-0.39, 0.29) is 5.54 Å². The van der Waals surface area contributed by atoms with Crippen molar-refractivity contribution >= 4 is 0 Å². The molecule has 0 saturated heterocycles. The van der Waals surface area contributed by atoms with Crippen LogP contribution >= 0.6 is 0 Å². The van der Waals surface area contributed by atoms with Crippen molar-refractivity contribution in [1.82, 2.24) is 4.90 Å². The summed E-state index contributed by atoms with van der Waals surface area (Å²) >= 11 is 0. The summed E-state index contributed by atoms with van der Waals surface area (Å²) in [5.74, 6) is 0. The maximum atomic E-state index is 10.1. The zero-order valence-corrected chi connectivity index (χ0v) is 9.59. The smallest absolute Gasteiger partial charge is 0.131 e. The lowest BCUT2D eigenvalue weighted by atomic mass is 9.79. The topological polar surface area (TPSA) is 49.5 Å². The normalized spacial score (nSPS) is 17.5. The first kappa shape index (κ1) is 12.9. The van der Waals surface area contributed by atoms with Crippen molar-refractivity contribution in [1.29, 1.82) is 0 Å². The van der Waals surface area contributed by atoms with Gasteiger partial charge in [0.1, 0.15) is 5.72 Å². The molecule has 1 unspecified atom stereocenters. The van der Waals surface area contributed by atoms with Crippen molar-refractivity contribution in [3.8, 4) is 0 Å². The molecule has 0 bridgehead atoms. The molecular formula is C10H24N2O. The summed E-state index contributed by atoms with van der Waals surface area (Å²) in [5, 5.41) is 10.1. The van der Waals surface area contributed by atoms with E-state index in [2.05, 4.69) is 13.8 Å². The molecule has 0 aliphatic rings.